The lowest BCUT2D eigenvalue weighted by Crippen LogP contribution is -2.29. The number of fused-ring (bicyclic) bond motifs is 1. The summed E-state index contributed by atoms with van der Waals surface area (Å²) in [6.07, 6.45) is 3.31. The fourth-order valence-corrected chi connectivity index (χ4v) is 4.29. The molecule has 1 fully saturated rings. The zero-order valence-electron chi connectivity index (χ0n) is 18.0. The van der Waals surface area contributed by atoms with E-state index < -0.39 is 17.7 Å². The van der Waals surface area contributed by atoms with Gasteiger partial charge in [-0.3, -0.25) is 14.6 Å². The number of nitrogens with zero attached hydrogens (tertiary/aromatic N) is 2. The molecule has 33 heavy (non-hydrogen) atoms. The molecule has 1 aromatic heterocycles. The number of likely N-dealkylation sites (tertiary alicyclic amines) is 1. The van der Waals surface area contributed by atoms with Crippen molar-refractivity contribution in [1.82, 2.24) is 9.88 Å². The lowest BCUT2D eigenvalue weighted by atomic mass is 9.92. The second-order valence-corrected chi connectivity index (χ2v) is 8.00. The maximum absolute atomic E-state index is 13.2. The number of rotatable bonds is 4. The molecule has 3 heterocycles. The van der Waals surface area contributed by atoms with Crippen LogP contribution in [0.5, 0.6) is 11.5 Å². The molecule has 0 aliphatic carbocycles. The molecule has 1 unspecified atom stereocenters. The molecule has 2 aliphatic heterocycles. The van der Waals surface area contributed by atoms with E-state index in [-0.39, 0.29) is 17.9 Å². The molecule has 1 amide bonds. The summed E-state index contributed by atoms with van der Waals surface area (Å²) in [5, 5.41) is 11.3. The number of amides is 1. The predicted octanol–water partition coefficient (Wildman–Crippen LogP) is 3.78. The Kier molecular flexibility index (Phi) is 5.30. The summed E-state index contributed by atoms with van der Waals surface area (Å²) >= 11 is 0. The number of carbonyl (C=O) groups is 2. The largest absolute Gasteiger partial charge is 0.507 e. The van der Waals surface area contributed by atoms with Crippen molar-refractivity contribution in [2.24, 2.45) is 0 Å². The van der Waals surface area contributed by atoms with Gasteiger partial charge in [-0.1, -0.05) is 30.3 Å². The van der Waals surface area contributed by atoms with Crippen LogP contribution in [-0.2, 0) is 16.1 Å². The molecule has 0 spiro atoms. The number of aryl methyl sites for hydroxylation is 1. The Labute approximate surface area is 190 Å². The Balaban J connectivity index is 1.65. The lowest BCUT2D eigenvalue weighted by Gasteiger charge is -2.26. The van der Waals surface area contributed by atoms with Gasteiger partial charge in [0.05, 0.1) is 11.6 Å². The van der Waals surface area contributed by atoms with Crippen molar-refractivity contribution in [2.75, 3.05) is 13.2 Å². The van der Waals surface area contributed by atoms with E-state index in [0.29, 0.717) is 30.3 Å². The van der Waals surface area contributed by atoms with Crippen molar-refractivity contribution >= 4 is 17.4 Å². The van der Waals surface area contributed by atoms with Crippen LogP contribution in [0.3, 0.4) is 0 Å². The van der Waals surface area contributed by atoms with Crippen LogP contribution in [0.4, 0.5) is 0 Å². The molecular formula is C26H22N2O5. The van der Waals surface area contributed by atoms with Gasteiger partial charge in [-0.25, -0.2) is 0 Å². The second kappa shape index (κ2) is 8.43. The third-order valence-electron chi connectivity index (χ3n) is 5.91. The van der Waals surface area contributed by atoms with Gasteiger partial charge in [-0.05, 0) is 47.9 Å². The van der Waals surface area contributed by atoms with E-state index in [9.17, 15) is 14.7 Å². The predicted molar refractivity (Wildman–Crippen MR) is 121 cm³/mol. The Morgan fingerprint density at radius 3 is 2.61 bits per heavy atom. The zero-order valence-corrected chi connectivity index (χ0v) is 18.0. The van der Waals surface area contributed by atoms with Gasteiger partial charge in [-0.15, -0.1) is 0 Å². The Morgan fingerprint density at radius 2 is 1.85 bits per heavy atom. The van der Waals surface area contributed by atoms with Crippen LogP contribution < -0.4 is 9.47 Å². The summed E-state index contributed by atoms with van der Waals surface area (Å²) in [7, 11) is 0. The average Bonchev–Trinajstić information content (AvgIpc) is 3.09. The first-order chi connectivity index (χ1) is 16.0. The Hall–Kier alpha value is -4.13. The van der Waals surface area contributed by atoms with E-state index >= 15 is 0 Å². The highest BCUT2D eigenvalue weighted by molar-refractivity contribution is 6.46. The molecule has 5 rings (SSSR count). The number of pyridine rings is 1. The third kappa shape index (κ3) is 3.71. The number of carbonyl (C=O) groups excluding carboxylic acids is 2. The molecule has 0 bridgehead atoms. The van der Waals surface area contributed by atoms with Crippen molar-refractivity contribution in [3.63, 3.8) is 0 Å². The third-order valence-corrected chi connectivity index (χ3v) is 5.91. The maximum atomic E-state index is 13.2. The summed E-state index contributed by atoms with van der Waals surface area (Å²) in [6, 6.07) is 15.4. The SMILES string of the molecule is Cc1ccccc1C1/C(=C(\O)c2ccc3c(c2)OCCO3)C(=O)C(=O)N1Cc1cccnc1. The maximum Gasteiger partial charge on any atom is 0.295 e. The molecular weight excluding hydrogens is 420 g/mol. The van der Waals surface area contributed by atoms with Crippen LogP contribution in [0.1, 0.15) is 28.3 Å². The van der Waals surface area contributed by atoms with Crippen molar-refractivity contribution in [3.05, 3.63) is 94.8 Å². The van der Waals surface area contributed by atoms with Crippen LogP contribution in [0.15, 0.2) is 72.6 Å². The van der Waals surface area contributed by atoms with Gasteiger partial charge >= 0.3 is 0 Å². The number of aliphatic hydroxyl groups excluding tert-OH is 1. The number of ketones is 1. The topological polar surface area (TPSA) is 89.0 Å². The number of Topliss-reactive ketones (excluding diaryl/α,β-unsaturated/α-hetero) is 1. The first kappa shape index (κ1) is 20.8. The number of ether oxygens (including phenoxy) is 2. The average molecular weight is 442 g/mol. The van der Waals surface area contributed by atoms with Crippen LogP contribution in [0, 0.1) is 6.92 Å². The van der Waals surface area contributed by atoms with E-state index in [4.69, 9.17) is 9.47 Å². The summed E-state index contributed by atoms with van der Waals surface area (Å²) in [6.45, 7) is 2.96. The Morgan fingerprint density at radius 1 is 1.06 bits per heavy atom. The summed E-state index contributed by atoms with van der Waals surface area (Å²) < 4.78 is 11.2. The van der Waals surface area contributed by atoms with Crippen LogP contribution >= 0.6 is 0 Å². The van der Waals surface area contributed by atoms with Gasteiger partial charge in [-0.2, -0.15) is 0 Å². The minimum Gasteiger partial charge on any atom is -0.507 e. The number of hydrogen-bond acceptors (Lipinski definition) is 6. The van der Waals surface area contributed by atoms with Crippen LogP contribution in [0.25, 0.3) is 5.76 Å². The fraction of sp³-hybridized carbons (Fsp3) is 0.192. The number of aliphatic hydroxyl groups is 1. The molecule has 166 valence electrons. The molecule has 2 aromatic carbocycles. The van der Waals surface area contributed by atoms with E-state index in [2.05, 4.69) is 4.98 Å². The minimum absolute atomic E-state index is 0.0508. The van der Waals surface area contributed by atoms with E-state index in [1.54, 1.807) is 36.7 Å². The molecule has 1 N–H and O–H groups in total. The van der Waals surface area contributed by atoms with Gasteiger partial charge in [0, 0.05) is 24.5 Å². The van der Waals surface area contributed by atoms with Gasteiger partial charge in [0.25, 0.3) is 11.7 Å². The fourth-order valence-electron chi connectivity index (χ4n) is 4.29. The molecule has 1 saturated heterocycles. The highest BCUT2D eigenvalue weighted by atomic mass is 16.6. The van der Waals surface area contributed by atoms with Gasteiger partial charge in [0.2, 0.25) is 0 Å². The highest BCUT2D eigenvalue weighted by Gasteiger charge is 2.46. The standard InChI is InChI=1S/C26H22N2O5/c1-16-5-2-3-7-19(16)23-22(24(29)18-8-9-20-21(13-18)33-12-11-32-20)25(30)26(31)28(23)15-17-6-4-10-27-14-17/h2-10,13-14,23,29H,11-12,15H2,1H3/b24-22+. The number of aromatic nitrogens is 1. The molecule has 3 aromatic rings. The first-order valence-corrected chi connectivity index (χ1v) is 10.7. The quantitative estimate of drug-likeness (QED) is 0.376. The van der Waals surface area contributed by atoms with Gasteiger partial charge in [0.15, 0.2) is 11.5 Å². The van der Waals surface area contributed by atoms with E-state index in [1.807, 2.05) is 37.3 Å². The van der Waals surface area contributed by atoms with Crippen LogP contribution in [-0.4, -0.2) is 39.9 Å². The molecule has 0 radical (unpaired) electrons. The smallest absolute Gasteiger partial charge is 0.295 e. The van der Waals surface area contributed by atoms with Crippen molar-refractivity contribution in [2.45, 2.75) is 19.5 Å². The van der Waals surface area contributed by atoms with Gasteiger partial charge in [0.1, 0.15) is 19.0 Å². The molecule has 7 nitrogen and oxygen atoms in total. The molecule has 7 heteroatoms. The molecule has 0 saturated carbocycles. The summed E-state index contributed by atoms with van der Waals surface area (Å²) in [5.41, 5.74) is 2.91. The van der Waals surface area contributed by atoms with Crippen molar-refractivity contribution in [1.29, 1.82) is 0 Å². The normalized spacial score (nSPS) is 19.1. The Bertz CT molecular complexity index is 1270. The minimum atomic E-state index is -0.736. The van der Waals surface area contributed by atoms with Crippen LogP contribution in [0.2, 0.25) is 0 Å². The van der Waals surface area contributed by atoms with Crippen molar-refractivity contribution < 1.29 is 24.2 Å². The highest BCUT2D eigenvalue weighted by Crippen LogP contribution is 2.42. The number of benzene rings is 2. The lowest BCUT2D eigenvalue weighted by molar-refractivity contribution is -0.140. The zero-order chi connectivity index (χ0) is 22.9. The first-order valence-electron chi connectivity index (χ1n) is 10.7. The van der Waals surface area contributed by atoms with E-state index in [0.717, 1.165) is 16.7 Å². The monoisotopic (exact) mass is 442 g/mol. The second-order valence-electron chi connectivity index (χ2n) is 8.00. The van der Waals surface area contributed by atoms with Gasteiger partial charge < -0.3 is 19.5 Å². The molecule has 1 atom stereocenters. The summed E-state index contributed by atoms with van der Waals surface area (Å²) in [5.74, 6) is -0.564. The summed E-state index contributed by atoms with van der Waals surface area (Å²) in [4.78, 5) is 32.0. The van der Waals surface area contributed by atoms with E-state index in [1.165, 1.54) is 4.90 Å². The van der Waals surface area contributed by atoms with Crippen molar-refractivity contribution in [3.8, 4) is 11.5 Å². The number of hydrogen-bond donors (Lipinski definition) is 1. The molecule has 2 aliphatic rings.